The van der Waals surface area contributed by atoms with Crippen LogP contribution in [0.4, 0.5) is 5.82 Å². The van der Waals surface area contributed by atoms with E-state index in [4.69, 9.17) is 4.74 Å². The number of rotatable bonds is 4. The Kier molecular flexibility index (Phi) is 5.48. The lowest BCUT2D eigenvalue weighted by molar-refractivity contribution is -0.130. The highest BCUT2D eigenvalue weighted by Crippen LogP contribution is 2.19. The summed E-state index contributed by atoms with van der Waals surface area (Å²) in [6.45, 7) is 5.05. The van der Waals surface area contributed by atoms with Crippen LogP contribution < -0.4 is 9.64 Å². The van der Waals surface area contributed by atoms with Crippen LogP contribution in [0.25, 0.3) is 0 Å². The summed E-state index contributed by atoms with van der Waals surface area (Å²) < 4.78 is 5.35. The first-order chi connectivity index (χ1) is 12.2. The summed E-state index contributed by atoms with van der Waals surface area (Å²) in [5, 5.41) is 8.39. The largest absolute Gasteiger partial charge is 0.496 e. The molecule has 1 aliphatic rings. The van der Waals surface area contributed by atoms with Gasteiger partial charge >= 0.3 is 0 Å². The van der Waals surface area contributed by atoms with Gasteiger partial charge in [0, 0.05) is 31.7 Å². The van der Waals surface area contributed by atoms with Gasteiger partial charge in [-0.2, -0.15) is 5.10 Å². The van der Waals surface area contributed by atoms with Gasteiger partial charge in [-0.15, -0.1) is 5.10 Å². The molecule has 0 unspecified atom stereocenters. The lowest BCUT2D eigenvalue weighted by Crippen LogP contribution is -2.36. The van der Waals surface area contributed by atoms with Gasteiger partial charge in [0.2, 0.25) is 5.91 Å². The Morgan fingerprint density at radius 2 is 1.92 bits per heavy atom. The second-order valence-electron chi connectivity index (χ2n) is 6.24. The quantitative estimate of drug-likeness (QED) is 0.853. The van der Waals surface area contributed by atoms with E-state index in [1.807, 2.05) is 48.2 Å². The highest BCUT2D eigenvalue weighted by molar-refractivity contribution is 5.79. The topological polar surface area (TPSA) is 58.6 Å². The molecule has 2 heterocycles. The number of hydrogen-bond acceptors (Lipinski definition) is 5. The molecule has 0 spiro atoms. The second-order valence-corrected chi connectivity index (χ2v) is 6.24. The number of para-hydroxylation sites is 1. The lowest BCUT2D eigenvalue weighted by atomic mass is 10.1. The number of nitrogens with zero attached hydrogens (tertiary/aromatic N) is 4. The van der Waals surface area contributed by atoms with Crippen LogP contribution in [-0.2, 0) is 11.2 Å². The molecule has 6 heteroatoms. The zero-order valence-electron chi connectivity index (χ0n) is 14.8. The van der Waals surface area contributed by atoms with E-state index in [-0.39, 0.29) is 5.91 Å². The van der Waals surface area contributed by atoms with E-state index in [2.05, 4.69) is 15.1 Å². The smallest absolute Gasteiger partial charge is 0.227 e. The maximum Gasteiger partial charge on any atom is 0.227 e. The summed E-state index contributed by atoms with van der Waals surface area (Å²) in [6, 6.07) is 11.7. The molecule has 1 fully saturated rings. The molecule has 1 aromatic carbocycles. The molecule has 3 rings (SSSR count). The highest BCUT2D eigenvalue weighted by atomic mass is 16.5. The molecule has 1 amide bonds. The van der Waals surface area contributed by atoms with E-state index < -0.39 is 0 Å². The molecule has 1 aliphatic heterocycles. The van der Waals surface area contributed by atoms with Gasteiger partial charge in [0.15, 0.2) is 5.82 Å². The summed E-state index contributed by atoms with van der Waals surface area (Å²) >= 11 is 0. The van der Waals surface area contributed by atoms with Crippen LogP contribution in [0.3, 0.4) is 0 Å². The Labute approximate surface area is 148 Å². The van der Waals surface area contributed by atoms with Crippen LogP contribution in [0, 0.1) is 6.92 Å². The number of hydrogen-bond donors (Lipinski definition) is 0. The predicted molar refractivity (Wildman–Crippen MR) is 96.9 cm³/mol. The maximum absolute atomic E-state index is 12.7. The Morgan fingerprint density at radius 3 is 2.68 bits per heavy atom. The van der Waals surface area contributed by atoms with Crippen LogP contribution in [0.1, 0.15) is 17.7 Å². The number of benzene rings is 1. The van der Waals surface area contributed by atoms with Crippen LogP contribution in [0.5, 0.6) is 5.75 Å². The number of carbonyl (C=O) groups excluding carboxylic acids is 1. The number of ether oxygens (including phenoxy) is 1. The van der Waals surface area contributed by atoms with Gasteiger partial charge < -0.3 is 14.5 Å². The zero-order valence-corrected chi connectivity index (χ0v) is 14.8. The van der Waals surface area contributed by atoms with E-state index in [0.717, 1.165) is 48.9 Å². The van der Waals surface area contributed by atoms with Crippen molar-refractivity contribution in [1.82, 2.24) is 15.1 Å². The van der Waals surface area contributed by atoms with Gasteiger partial charge in [-0.1, -0.05) is 18.2 Å². The van der Waals surface area contributed by atoms with E-state index in [9.17, 15) is 4.79 Å². The molecule has 1 saturated heterocycles. The lowest BCUT2D eigenvalue weighted by Gasteiger charge is -2.23. The predicted octanol–water partition coefficient (Wildman–Crippen LogP) is 2.08. The molecule has 6 nitrogen and oxygen atoms in total. The molecule has 0 N–H and O–H groups in total. The normalized spacial score (nSPS) is 15.0. The number of methoxy groups -OCH3 is 1. The van der Waals surface area contributed by atoms with Crippen molar-refractivity contribution in [1.29, 1.82) is 0 Å². The molecule has 0 radical (unpaired) electrons. The van der Waals surface area contributed by atoms with E-state index in [1.54, 1.807) is 7.11 Å². The summed E-state index contributed by atoms with van der Waals surface area (Å²) in [7, 11) is 1.63. The van der Waals surface area contributed by atoms with E-state index in [1.165, 1.54) is 0 Å². The number of aryl methyl sites for hydroxylation is 1. The van der Waals surface area contributed by atoms with Crippen LogP contribution in [0.2, 0.25) is 0 Å². The molecule has 132 valence electrons. The molecular weight excluding hydrogens is 316 g/mol. The van der Waals surface area contributed by atoms with Crippen LogP contribution in [-0.4, -0.2) is 54.3 Å². The first-order valence-electron chi connectivity index (χ1n) is 8.62. The van der Waals surface area contributed by atoms with E-state index in [0.29, 0.717) is 13.0 Å². The maximum atomic E-state index is 12.7. The third kappa shape index (κ3) is 4.26. The zero-order chi connectivity index (χ0) is 17.6. The highest BCUT2D eigenvalue weighted by Gasteiger charge is 2.21. The fraction of sp³-hybridized carbons (Fsp3) is 0.421. The number of anilines is 1. The average Bonchev–Trinajstić information content (AvgIpc) is 2.89. The molecule has 0 saturated carbocycles. The molecule has 0 bridgehead atoms. The summed E-state index contributed by atoms with van der Waals surface area (Å²) in [4.78, 5) is 16.8. The third-order valence-electron chi connectivity index (χ3n) is 4.49. The number of aromatic nitrogens is 2. The van der Waals surface area contributed by atoms with Crippen LogP contribution in [0.15, 0.2) is 36.4 Å². The first kappa shape index (κ1) is 17.2. The van der Waals surface area contributed by atoms with Crippen molar-refractivity contribution in [3.63, 3.8) is 0 Å². The molecule has 1 aromatic heterocycles. The minimum absolute atomic E-state index is 0.140. The van der Waals surface area contributed by atoms with Gasteiger partial charge in [0.1, 0.15) is 5.75 Å². The van der Waals surface area contributed by atoms with Gasteiger partial charge in [-0.3, -0.25) is 4.79 Å². The van der Waals surface area contributed by atoms with Crippen molar-refractivity contribution in [2.24, 2.45) is 0 Å². The van der Waals surface area contributed by atoms with Gasteiger partial charge in [0.05, 0.1) is 19.2 Å². The average molecular weight is 340 g/mol. The fourth-order valence-electron chi connectivity index (χ4n) is 3.08. The minimum Gasteiger partial charge on any atom is -0.496 e. The Bertz CT molecular complexity index is 718. The summed E-state index contributed by atoms with van der Waals surface area (Å²) in [5.41, 5.74) is 1.84. The Balaban J connectivity index is 1.62. The molecular formula is C19H24N4O2. The fourth-order valence-corrected chi connectivity index (χ4v) is 3.08. The Morgan fingerprint density at radius 1 is 1.08 bits per heavy atom. The van der Waals surface area contributed by atoms with Crippen LogP contribution >= 0.6 is 0 Å². The van der Waals surface area contributed by atoms with Crippen molar-refractivity contribution >= 4 is 11.7 Å². The monoisotopic (exact) mass is 340 g/mol. The van der Waals surface area contributed by atoms with Gasteiger partial charge in [0.25, 0.3) is 0 Å². The summed E-state index contributed by atoms with van der Waals surface area (Å²) in [5.74, 6) is 1.79. The van der Waals surface area contributed by atoms with Gasteiger partial charge in [-0.05, 0) is 31.5 Å². The van der Waals surface area contributed by atoms with Gasteiger partial charge in [-0.25, -0.2) is 0 Å². The van der Waals surface area contributed by atoms with Crippen molar-refractivity contribution in [2.45, 2.75) is 19.8 Å². The third-order valence-corrected chi connectivity index (χ3v) is 4.49. The molecule has 2 aromatic rings. The SMILES string of the molecule is COc1ccccc1CC(=O)N1CCCN(c2ccc(C)nn2)CC1. The van der Waals surface area contributed by atoms with Crippen molar-refractivity contribution in [3.05, 3.63) is 47.7 Å². The van der Waals surface area contributed by atoms with Crippen molar-refractivity contribution in [2.75, 3.05) is 38.2 Å². The molecule has 25 heavy (non-hydrogen) atoms. The first-order valence-corrected chi connectivity index (χ1v) is 8.62. The second kappa shape index (κ2) is 7.96. The minimum atomic E-state index is 0.140. The number of amides is 1. The van der Waals surface area contributed by atoms with Crippen molar-refractivity contribution < 1.29 is 9.53 Å². The van der Waals surface area contributed by atoms with E-state index >= 15 is 0 Å². The van der Waals surface area contributed by atoms with Crippen molar-refractivity contribution in [3.8, 4) is 5.75 Å². The summed E-state index contributed by atoms with van der Waals surface area (Å²) in [6.07, 6.45) is 1.29. The number of carbonyl (C=O) groups is 1. The standard InChI is InChI=1S/C19H24N4O2/c1-15-8-9-18(21-20-15)22-10-5-11-23(13-12-22)19(24)14-16-6-3-4-7-17(16)25-2/h3-4,6-9H,5,10-14H2,1-2H3. The molecule has 0 atom stereocenters. The Hall–Kier alpha value is -2.63. The molecule has 0 aliphatic carbocycles.